The van der Waals surface area contributed by atoms with Crippen LogP contribution in [0.2, 0.25) is 0 Å². The van der Waals surface area contributed by atoms with E-state index in [1.807, 2.05) is 0 Å². The van der Waals surface area contributed by atoms with Gasteiger partial charge in [0.05, 0.1) is 17.1 Å². The highest BCUT2D eigenvalue weighted by atomic mass is 32.2. The van der Waals surface area contributed by atoms with Crippen molar-refractivity contribution < 1.29 is 18.1 Å². The Labute approximate surface area is 206 Å². The van der Waals surface area contributed by atoms with Gasteiger partial charge in [-0.2, -0.15) is 18.6 Å². The Morgan fingerprint density at radius 3 is 2.00 bits per heavy atom. The van der Waals surface area contributed by atoms with Crippen LogP contribution in [0.3, 0.4) is 0 Å². The Hall–Kier alpha value is -4.55. The summed E-state index contributed by atoms with van der Waals surface area (Å²) < 4.78 is 33.9. The summed E-state index contributed by atoms with van der Waals surface area (Å²) in [6, 6.07) is 14.1. The smallest absolute Gasteiger partial charge is 0.296 e. The molecule has 36 heavy (non-hydrogen) atoms. The number of anilines is 3. The Bertz CT molecular complexity index is 1670. The third kappa shape index (κ3) is 4.80. The maximum Gasteiger partial charge on any atom is 0.296 e. The van der Waals surface area contributed by atoms with Crippen LogP contribution in [0.5, 0.6) is 5.75 Å². The fourth-order valence-electron chi connectivity index (χ4n) is 3.55. The minimum atomic E-state index is -4.73. The predicted molar refractivity (Wildman–Crippen MR) is 139 cm³/mol. The summed E-state index contributed by atoms with van der Waals surface area (Å²) in [6.07, 6.45) is 0. The Balaban J connectivity index is 1.70. The van der Waals surface area contributed by atoms with Crippen molar-refractivity contribution in [3.8, 4) is 5.75 Å². The highest BCUT2D eigenvalue weighted by molar-refractivity contribution is 7.86. The fourth-order valence-corrected chi connectivity index (χ4v) is 4.21. The first kappa shape index (κ1) is 24.6. The zero-order valence-electron chi connectivity index (χ0n) is 19.3. The lowest BCUT2D eigenvalue weighted by Gasteiger charge is -2.14. The van der Waals surface area contributed by atoms with Gasteiger partial charge in [-0.25, -0.2) is 0 Å². The largest absolute Gasteiger partial charge is 0.505 e. The van der Waals surface area contributed by atoms with Gasteiger partial charge in [0.15, 0.2) is 5.75 Å². The topological polar surface area (TPSA) is 202 Å². The number of hydrogen-bond acceptors (Lipinski definition) is 10. The normalized spacial score (nSPS) is 12.2. The van der Waals surface area contributed by atoms with Gasteiger partial charge < -0.3 is 22.3 Å². The molecule has 0 heterocycles. The van der Waals surface area contributed by atoms with Crippen LogP contribution in [0.25, 0.3) is 10.8 Å². The molecule has 0 aliphatic heterocycles. The van der Waals surface area contributed by atoms with Gasteiger partial charge in [-0.3, -0.25) is 4.55 Å². The van der Waals surface area contributed by atoms with Crippen LogP contribution in [0.15, 0.2) is 79.9 Å². The first-order chi connectivity index (χ1) is 17.0. The summed E-state index contributed by atoms with van der Waals surface area (Å²) in [5.41, 5.74) is 21.3. The number of nitrogens with zero attached hydrogens (tertiary/aromatic N) is 4. The van der Waals surface area contributed by atoms with E-state index in [4.69, 9.17) is 17.2 Å². The number of aryl methyl sites for hydroxylation is 1. The summed E-state index contributed by atoms with van der Waals surface area (Å²) in [5, 5.41) is 27.6. The SMILES string of the molecule is Cc1cc2cc(S(=O)(=O)O)c(N=Nc3ccc(N=Nc4ccc(N)cc4N)cc3)c(O)c2c(N)c1C. The molecule has 4 rings (SSSR count). The standard InChI is InChI=1S/C24H23N7O4S/c1-12-9-14-10-20(36(33,34)35)23(24(32)21(14)22(27)13(12)2)31-29-17-6-4-16(5-7-17)28-30-19-8-3-15(25)11-18(19)26/h3-11,32H,25-27H2,1-2H3,(H,33,34,35). The second-order valence-corrected chi connectivity index (χ2v) is 9.50. The molecule has 11 nitrogen and oxygen atoms in total. The van der Waals surface area contributed by atoms with Crippen molar-refractivity contribution in [3.63, 3.8) is 0 Å². The van der Waals surface area contributed by atoms with Gasteiger partial charge in [0.2, 0.25) is 0 Å². The highest BCUT2D eigenvalue weighted by Gasteiger charge is 2.24. The van der Waals surface area contributed by atoms with Crippen LogP contribution >= 0.6 is 0 Å². The molecular weight excluding hydrogens is 482 g/mol. The lowest BCUT2D eigenvalue weighted by atomic mass is 9.99. The Morgan fingerprint density at radius 1 is 0.806 bits per heavy atom. The number of nitrogen functional groups attached to an aromatic ring is 3. The van der Waals surface area contributed by atoms with Gasteiger partial charge in [-0.05, 0) is 78.9 Å². The molecule has 0 saturated heterocycles. The highest BCUT2D eigenvalue weighted by Crippen LogP contribution is 2.45. The van der Waals surface area contributed by atoms with E-state index < -0.39 is 26.5 Å². The number of hydrogen-bond donors (Lipinski definition) is 5. The minimum absolute atomic E-state index is 0.220. The third-order valence-corrected chi connectivity index (χ3v) is 6.49. The summed E-state index contributed by atoms with van der Waals surface area (Å²) in [6.45, 7) is 3.58. The molecule has 184 valence electrons. The molecule has 0 radical (unpaired) electrons. The molecular formula is C24H23N7O4S. The molecule has 12 heteroatoms. The molecule has 4 aromatic rings. The van der Waals surface area contributed by atoms with Crippen molar-refractivity contribution in [1.29, 1.82) is 0 Å². The van der Waals surface area contributed by atoms with Crippen LogP contribution in [0.4, 0.5) is 39.8 Å². The lowest BCUT2D eigenvalue weighted by molar-refractivity contribution is 0.472. The van der Waals surface area contributed by atoms with E-state index in [1.165, 1.54) is 6.07 Å². The number of phenols is 1. The molecule has 0 aromatic heterocycles. The number of fused-ring (bicyclic) bond motifs is 1. The predicted octanol–water partition coefficient (Wildman–Crippen LogP) is 5.99. The molecule has 0 atom stereocenters. The van der Waals surface area contributed by atoms with Crippen LogP contribution in [0, 0.1) is 13.8 Å². The van der Waals surface area contributed by atoms with E-state index in [9.17, 15) is 18.1 Å². The molecule has 0 spiro atoms. The summed E-state index contributed by atoms with van der Waals surface area (Å²) in [7, 11) is -4.73. The molecule has 4 aromatic carbocycles. The van der Waals surface area contributed by atoms with E-state index in [-0.39, 0.29) is 11.1 Å². The molecule has 0 saturated carbocycles. The average molecular weight is 506 g/mol. The second kappa shape index (κ2) is 9.24. The van der Waals surface area contributed by atoms with E-state index in [0.717, 1.165) is 11.1 Å². The average Bonchev–Trinajstić information content (AvgIpc) is 2.81. The van der Waals surface area contributed by atoms with Crippen LogP contribution in [-0.2, 0) is 10.1 Å². The number of aromatic hydroxyl groups is 1. The van der Waals surface area contributed by atoms with E-state index in [0.29, 0.717) is 33.8 Å². The first-order valence-electron chi connectivity index (χ1n) is 10.6. The maximum absolute atomic E-state index is 12.0. The van der Waals surface area contributed by atoms with Crippen LogP contribution in [0.1, 0.15) is 11.1 Å². The van der Waals surface area contributed by atoms with Crippen molar-refractivity contribution in [1.82, 2.24) is 0 Å². The number of nitrogens with two attached hydrogens (primary N) is 3. The van der Waals surface area contributed by atoms with Gasteiger partial charge in [-0.15, -0.1) is 10.2 Å². The van der Waals surface area contributed by atoms with Gasteiger partial charge in [0, 0.05) is 16.8 Å². The fraction of sp³-hybridized carbons (Fsp3) is 0.0833. The van der Waals surface area contributed by atoms with Gasteiger partial charge in [0.1, 0.15) is 16.3 Å². The van der Waals surface area contributed by atoms with Gasteiger partial charge >= 0.3 is 0 Å². The minimum Gasteiger partial charge on any atom is -0.505 e. The van der Waals surface area contributed by atoms with Crippen LogP contribution in [-0.4, -0.2) is 18.1 Å². The third-order valence-electron chi connectivity index (χ3n) is 5.62. The van der Waals surface area contributed by atoms with E-state index in [1.54, 1.807) is 62.4 Å². The quantitative estimate of drug-likeness (QED) is 0.124. The molecule has 0 aliphatic carbocycles. The summed E-state index contributed by atoms with van der Waals surface area (Å²) >= 11 is 0. The lowest BCUT2D eigenvalue weighted by Crippen LogP contribution is -2.01. The number of phenolic OH excluding ortho intramolecular Hbond substituents is 1. The maximum atomic E-state index is 12.0. The van der Waals surface area contributed by atoms with Crippen LogP contribution < -0.4 is 17.2 Å². The molecule has 0 amide bonds. The molecule has 0 unspecified atom stereocenters. The van der Waals surface area contributed by atoms with Gasteiger partial charge in [0.25, 0.3) is 10.1 Å². The molecule has 0 fully saturated rings. The monoisotopic (exact) mass is 505 g/mol. The second-order valence-electron chi connectivity index (χ2n) is 8.11. The zero-order chi connectivity index (χ0) is 26.2. The van der Waals surface area contributed by atoms with E-state index >= 15 is 0 Å². The van der Waals surface area contributed by atoms with Crippen molar-refractivity contribution in [2.75, 3.05) is 17.2 Å². The molecule has 0 bridgehead atoms. The zero-order valence-corrected chi connectivity index (χ0v) is 20.2. The Morgan fingerprint density at radius 2 is 1.42 bits per heavy atom. The van der Waals surface area contributed by atoms with Crippen molar-refractivity contribution >= 4 is 60.7 Å². The Kier molecular flexibility index (Phi) is 6.31. The number of benzene rings is 4. The number of azo groups is 2. The van der Waals surface area contributed by atoms with Crippen molar-refractivity contribution in [2.24, 2.45) is 20.5 Å². The molecule has 8 N–H and O–H groups in total. The summed E-state index contributed by atoms with van der Waals surface area (Å²) in [4.78, 5) is -0.592. The van der Waals surface area contributed by atoms with Gasteiger partial charge in [-0.1, -0.05) is 6.07 Å². The summed E-state index contributed by atoms with van der Waals surface area (Å²) in [5.74, 6) is -0.504. The van der Waals surface area contributed by atoms with E-state index in [2.05, 4.69) is 20.5 Å². The molecule has 0 aliphatic rings. The van der Waals surface area contributed by atoms with Crippen molar-refractivity contribution in [2.45, 2.75) is 18.7 Å². The van der Waals surface area contributed by atoms with Crippen molar-refractivity contribution in [3.05, 3.63) is 65.7 Å². The first-order valence-corrected chi connectivity index (χ1v) is 12.0. The number of rotatable bonds is 5.